The van der Waals surface area contributed by atoms with Crippen molar-refractivity contribution in [2.75, 3.05) is 20.1 Å². The average molecular weight is 200 g/mol. The summed E-state index contributed by atoms with van der Waals surface area (Å²) in [4.78, 5) is 2.46. The van der Waals surface area contributed by atoms with E-state index in [0.717, 1.165) is 13.1 Å². The second kappa shape index (κ2) is 8.25. The van der Waals surface area contributed by atoms with E-state index in [0.29, 0.717) is 12.1 Å². The molecular formula is C12H28N2. The van der Waals surface area contributed by atoms with Crippen LogP contribution in [0.3, 0.4) is 0 Å². The Bertz CT molecular complexity index is 125. The van der Waals surface area contributed by atoms with E-state index in [1.807, 2.05) is 0 Å². The van der Waals surface area contributed by atoms with Gasteiger partial charge in [-0.15, -0.1) is 0 Å². The van der Waals surface area contributed by atoms with E-state index in [1.54, 1.807) is 0 Å². The minimum absolute atomic E-state index is 0.641. The average Bonchev–Trinajstić information content (AvgIpc) is 2.21. The van der Waals surface area contributed by atoms with Crippen molar-refractivity contribution in [3.05, 3.63) is 0 Å². The van der Waals surface area contributed by atoms with E-state index in [9.17, 15) is 0 Å². The Labute approximate surface area is 90.1 Å². The molecule has 0 rings (SSSR count). The fourth-order valence-corrected chi connectivity index (χ4v) is 1.48. The first kappa shape index (κ1) is 13.9. The van der Waals surface area contributed by atoms with Crippen molar-refractivity contribution in [2.45, 2.75) is 59.0 Å². The molecule has 0 saturated carbocycles. The summed E-state index contributed by atoms with van der Waals surface area (Å²) in [7, 11) is 2.22. The van der Waals surface area contributed by atoms with Crippen LogP contribution in [0.1, 0.15) is 47.0 Å². The molecule has 2 nitrogen and oxygen atoms in total. The normalized spacial score (nSPS) is 15.9. The molecule has 0 aromatic heterocycles. The van der Waals surface area contributed by atoms with Gasteiger partial charge in [0, 0.05) is 18.6 Å². The predicted molar refractivity (Wildman–Crippen MR) is 64.8 cm³/mol. The summed E-state index contributed by atoms with van der Waals surface area (Å²) in [6.07, 6.45) is 3.80. The van der Waals surface area contributed by atoms with Crippen molar-refractivity contribution >= 4 is 0 Å². The van der Waals surface area contributed by atoms with Gasteiger partial charge < -0.3 is 5.32 Å². The van der Waals surface area contributed by atoms with E-state index in [-0.39, 0.29) is 0 Å². The highest BCUT2D eigenvalue weighted by molar-refractivity contribution is 4.70. The molecule has 1 N–H and O–H groups in total. The van der Waals surface area contributed by atoms with Gasteiger partial charge in [0.05, 0.1) is 0 Å². The molecule has 0 fully saturated rings. The van der Waals surface area contributed by atoms with Crippen molar-refractivity contribution in [2.24, 2.45) is 0 Å². The summed E-state index contributed by atoms with van der Waals surface area (Å²) in [6, 6.07) is 1.33. The van der Waals surface area contributed by atoms with Crippen LogP contribution >= 0.6 is 0 Å². The first-order chi connectivity index (χ1) is 6.63. The standard InChI is InChI=1S/C12H28N2/c1-6-8-9-13-10-12(4)14(5)11(3)7-2/h11-13H,6-10H2,1-5H3. The van der Waals surface area contributed by atoms with Crippen molar-refractivity contribution < 1.29 is 0 Å². The molecule has 0 radical (unpaired) electrons. The van der Waals surface area contributed by atoms with E-state index >= 15 is 0 Å². The molecule has 0 aromatic rings. The van der Waals surface area contributed by atoms with Gasteiger partial charge >= 0.3 is 0 Å². The largest absolute Gasteiger partial charge is 0.315 e. The van der Waals surface area contributed by atoms with E-state index in [1.165, 1.54) is 19.3 Å². The van der Waals surface area contributed by atoms with Crippen LogP contribution < -0.4 is 5.32 Å². The van der Waals surface area contributed by atoms with E-state index in [2.05, 4.69) is 45.0 Å². The van der Waals surface area contributed by atoms with Crippen LogP contribution in [0.2, 0.25) is 0 Å². The van der Waals surface area contributed by atoms with Gasteiger partial charge in [0.15, 0.2) is 0 Å². The number of hydrogen-bond donors (Lipinski definition) is 1. The third-order valence-corrected chi connectivity index (χ3v) is 3.13. The van der Waals surface area contributed by atoms with Crippen molar-refractivity contribution in [1.29, 1.82) is 0 Å². The number of rotatable bonds is 8. The number of likely N-dealkylation sites (N-methyl/N-ethyl adjacent to an activating group) is 1. The lowest BCUT2D eigenvalue weighted by Gasteiger charge is -2.30. The van der Waals surface area contributed by atoms with Gasteiger partial charge in [0.1, 0.15) is 0 Å². The maximum absolute atomic E-state index is 3.50. The molecule has 2 heteroatoms. The molecule has 0 spiro atoms. The lowest BCUT2D eigenvalue weighted by atomic mass is 10.2. The molecule has 0 amide bonds. The number of unbranched alkanes of at least 4 members (excludes halogenated alkanes) is 1. The Morgan fingerprint density at radius 2 is 1.79 bits per heavy atom. The summed E-state index contributed by atoms with van der Waals surface area (Å²) < 4.78 is 0. The van der Waals surface area contributed by atoms with Crippen LogP contribution in [-0.2, 0) is 0 Å². The summed E-state index contributed by atoms with van der Waals surface area (Å²) in [6.45, 7) is 11.3. The Kier molecular flexibility index (Phi) is 8.20. The highest BCUT2D eigenvalue weighted by Gasteiger charge is 2.13. The Balaban J connectivity index is 3.56. The zero-order valence-electron chi connectivity index (χ0n) is 10.6. The third-order valence-electron chi connectivity index (χ3n) is 3.13. The molecule has 2 unspecified atom stereocenters. The number of hydrogen-bond acceptors (Lipinski definition) is 2. The Morgan fingerprint density at radius 3 is 2.29 bits per heavy atom. The zero-order chi connectivity index (χ0) is 11.0. The molecule has 0 aromatic carbocycles. The minimum Gasteiger partial charge on any atom is -0.315 e. The molecule has 0 aliphatic rings. The van der Waals surface area contributed by atoms with Crippen LogP contribution in [0.25, 0.3) is 0 Å². The molecule has 14 heavy (non-hydrogen) atoms. The Morgan fingerprint density at radius 1 is 1.14 bits per heavy atom. The smallest absolute Gasteiger partial charge is 0.0192 e. The molecule has 86 valence electrons. The molecule has 0 bridgehead atoms. The molecule has 2 atom stereocenters. The van der Waals surface area contributed by atoms with Crippen molar-refractivity contribution in [1.82, 2.24) is 10.2 Å². The molecule has 0 heterocycles. The molecule has 0 saturated heterocycles. The first-order valence-electron chi connectivity index (χ1n) is 6.06. The Hall–Kier alpha value is -0.0800. The third kappa shape index (κ3) is 5.61. The van der Waals surface area contributed by atoms with Gasteiger partial charge in [-0.2, -0.15) is 0 Å². The van der Waals surface area contributed by atoms with Crippen molar-refractivity contribution in [3.63, 3.8) is 0 Å². The quantitative estimate of drug-likeness (QED) is 0.606. The van der Waals surface area contributed by atoms with Crippen LogP contribution in [0.5, 0.6) is 0 Å². The van der Waals surface area contributed by atoms with Crippen LogP contribution in [0.4, 0.5) is 0 Å². The van der Waals surface area contributed by atoms with Crippen LogP contribution in [0.15, 0.2) is 0 Å². The summed E-state index contributed by atoms with van der Waals surface area (Å²) in [5.41, 5.74) is 0. The molecular weight excluding hydrogens is 172 g/mol. The van der Waals surface area contributed by atoms with Gasteiger partial charge in [0.25, 0.3) is 0 Å². The van der Waals surface area contributed by atoms with Gasteiger partial charge in [-0.05, 0) is 40.3 Å². The van der Waals surface area contributed by atoms with Crippen LogP contribution in [0, 0.1) is 0 Å². The highest BCUT2D eigenvalue weighted by Crippen LogP contribution is 2.04. The summed E-state index contributed by atoms with van der Waals surface area (Å²) in [5, 5.41) is 3.50. The van der Waals surface area contributed by atoms with Gasteiger partial charge in [-0.3, -0.25) is 4.90 Å². The second-order valence-electron chi connectivity index (χ2n) is 4.33. The van der Waals surface area contributed by atoms with Crippen molar-refractivity contribution in [3.8, 4) is 0 Å². The maximum atomic E-state index is 3.50. The number of nitrogens with zero attached hydrogens (tertiary/aromatic N) is 1. The van der Waals surface area contributed by atoms with E-state index in [4.69, 9.17) is 0 Å². The number of nitrogens with one attached hydrogen (secondary N) is 1. The summed E-state index contributed by atoms with van der Waals surface area (Å²) >= 11 is 0. The molecule has 0 aliphatic carbocycles. The lowest BCUT2D eigenvalue weighted by molar-refractivity contribution is 0.188. The summed E-state index contributed by atoms with van der Waals surface area (Å²) in [5.74, 6) is 0. The fourth-order valence-electron chi connectivity index (χ4n) is 1.48. The van der Waals surface area contributed by atoms with Crippen LogP contribution in [-0.4, -0.2) is 37.1 Å². The fraction of sp³-hybridized carbons (Fsp3) is 1.00. The molecule has 0 aliphatic heterocycles. The van der Waals surface area contributed by atoms with E-state index < -0.39 is 0 Å². The van der Waals surface area contributed by atoms with Gasteiger partial charge in [0.2, 0.25) is 0 Å². The zero-order valence-corrected chi connectivity index (χ0v) is 10.6. The second-order valence-corrected chi connectivity index (χ2v) is 4.33. The highest BCUT2D eigenvalue weighted by atomic mass is 15.2. The lowest BCUT2D eigenvalue weighted by Crippen LogP contribution is -2.42. The topological polar surface area (TPSA) is 15.3 Å². The maximum Gasteiger partial charge on any atom is 0.0192 e. The van der Waals surface area contributed by atoms with Gasteiger partial charge in [-0.25, -0.2) is 0 Å². The SMILES string of the molecule is CCCCNCC(C)N(C)C(C)CC. The monoisotopic (exact) mass is 200 g/mol. The van der Waals surface area contributed by atoms with Gasteiger partial charge in [-0.1, -0.05) is 20.3 Å². The minimum atomic E-state index is 0.641. The first-order valence-corrected chi connectivity index (χ1v) is 6.06. The predicted octanol–water partition coefficient (Wildman–Crippen LogP) is 2.49.